The summed E-state index contributed by atoms with van der Waals surface area (Å²) in [5.74, 6) is -1.76. The van der Waals surface area contributed by atoms with Gasteiger partial charge in [0.25, 0.3) is 0 Å². The van der Waals surface area contributed by atoms with Gasteiger partial charge in [-0.1, -0.05) is 32.9 Å². The van der Waals surface area contributed by atoms with Gasteiger partial charge in [0.15, 0.2) is 5.96 Å². The van der Waals surface area contributed by atoms with Crippen LogP contribution in [0.15, 0.2) is 53.5 Å². The summed E-state index contributed by atoms with van der Waals surface area (Å²) >= 11 is 0. The predicted octanol–water partition coefficient (Wildman–Crippen LogP) is 3.42. The molecular formula is C21H25N3O4. The normalized spacial score (nSPS) is 12.1. The number of carbonyl (C=O) groups is 2. The van der Waals surface area contributed by atoms with E-state index in [1.165, 1.54) is 0 Å². The molecule has 0 aliphatic rings. The van der Waals surface area contributed by atoms with Gasteiger partial charge in [-0.25, -0.2) is 9.79 Å². The Kier molecular flexibility index (Phi) is 6.41. The summed E-state index contributed by atoms with van der Waals surface area (Å²) in [6, 6.07) is 12.9. The van der Waals surface area contributed by atoms with Crippen LogP contribution in [0.1, 0.15) is 49.0 Å². The number of hydrogen-bond acceptors (Lipinski definition) is 4. The molecule has 2 aromatic carbocycles. The number of carboxylic acid groups (broad SMARTS) is 1. The van der Waals surface area contributed by atoms with E-state index in [9.17, 15) is 14.7 Å². The molecule has 0 heterocycles. The van der Waals surface area contributed by atoms with Crippen molar-refractivity contribution in [1.82, 2.24) is 0 Å². The standard InChI is InChI=1S/C21H25N3O4/c1-21(2,3)12-17(18(25)26)13-6-10-16(11-7-13)28-19(27)14-4-8-15(9-5-14)24-20(22)23/h4-11,17H,12H2,1-3H3,(H,25,26)(H4,22,23,24). The highest BCUT2D eigenvalue weighted by Crippen LogP contribution is 2.32. The van der Waals surface area contributed by atoms with Crippen LogP contribution < -0.4 is 16.2 Å². The number of carboxylic acids is 1. The number of ether oxygens (including phenoxy) is 1. The van der Waals surface area contributed by atoms with E-state index < -0.39 is 17.9 Å². The number of nitrogens with zero attached hydrogens (tertiary/aromatic N) is 1. The molecule has 0 spiro atoms. The van der Waals surface area contributed by atoms with Crippen LogP contribution >= 0.6 is 0 Å². The quantitative estimate of drug-likeness (QED) is 0.303. The van der Waals surface area contributed by atoms with Crippen molar-refractivity contribution in [2.24, 2.45) is 21.9 Å². The number of guanidine groups is 1. The average molecular weight is 383 g/mol. The Labute approximate surface area is 164 Å². The van der Waals surface area contributed by atoms with E-state index in [0.29, 0.717) is 29.0 Å². The zero-order chi connectivity index (χ0) is 20.9. The van der Waals surface area contributed by atoms with Crippen LogP contribution in [0.5, 0.6) is 5.75 Å². The average Bonchev–Trinajstić information content (AvgIpc) is 2.59. The molecule has 0 bridgehead atoms. The second-order valence-electron chi connectivity index (χ2n) is 7.70. The molecular weight excluding hydrogens is 358 g/mol. The van der Waals surface area contributed by atoms with Gasteiger partial charge in [-0.2, -0.15) is 0 Å². The Morgan fingerprint density at radius 2 is 1.61 bits per heavy atom. The summed E-state index contributed by atoms with van der Waals surface area (Å²) in [4.78, 5) is 27.8. The monoisotopic (exact) mass is 383 g/mol. The van der Waals surface area contributed by atoms with Crippen molar-refractivity contribution in [1.29, 1.82) is 0 Å². The van der Waals surface area contributed by atoms with E-state index in [2.05, 4.69) is 4.99 Å². The van der Waals surface area contributed by atoms with Gasteiger partial charge in [-0.05, 0) is 53.8 Å². The molecule has 2 rings (SSSR count). The summed E-state index contributed by atoms with van der Waals surface area (Å²) in [6.45, 7) is 5.99. The molecule has 0 aliphatic carbocycles. The third kappa shape index (κ3) is 6.12. The van der Waals surface area contributed by atoms with E-state index in [4.69, 9.17) is 16.2 Å². The Bertz CT molecular complexity index is 862. The number of hydrogen-bond donors (Lipinski definition) is 3. The molecule has 0 fully saturated rings. The number of aliphatic imine (C=N–C) groups is 1. The minimum absolute atomic E-state index is 0.0680. The Morgan fingerprint density at radius 3 is 2.07 bits per heavy atom. The Morgan fingerprint density at radius 1 is 1.04 bits per heavy atom. The maximum absolute atomic E-state index is 12.3. The lowest BCUT2D eigenvalue weighted by atomic mass is 9.81. The number of esters is 1. The first kappa shape index (κ1) is 21.0. The summed E-state index contributed by atoms with van der Waals surface area (Å²) in [6.07, 6.45) is 0.504. The van der Waals surface area contributed by atoms with Crippen LogP contribution in [0.2, 0.25) is 0 Å². The van der Waals surface area contributed by atoms with E-state index >= 15 is 0 Å². The zero-order valence-corrected chi connectivity index (χ0v) is 16.2. The van der Waals surface area contributed by atoms with E-state index in [1.54, 1.807) is 48.5 Å². The van der Waals surface area contributed by atoms with Crippen LogP contribution in [0.4, 0.5) is 5.69 Å². The molecule has 0 aromatic heterocycles. The van der Waals surface area contributed by atoms with Crippen LogP contribution in [-0.2, 0) is 4.79 Å². The van der Waals surface area contributed by atoms with Crippen molar-refractivity contribution in [2.45, 2.75) is 33.1 Å². The fraction of sp³-hybridized carbons (Fsp3) is 0.286. The molecule has 0 saturated heterocycles. The van der Waals surface area contributed by atoms with E-state index in [0.717, 1.165) is 0 Å². The van der Waals surface area contributed by atoms with Crippen LogP contribution in [0.25, 0.3) is 0 Å². The van der Waals surface area contributed by atoms with Gasteiger partial charge in [0.2, 0.25) is 0 Å². The number of carbonyl (C=O) groups excluding carboxylic acids is 1. The summed E-state index contributed by atoms with van der Waals surface area (Å²) < 4.78 is 5.35. The number of benzene rings is 2. The minimum atomic E-state index is -0.875. The molecule has 28 heavy (non-hydrogen) atoms. The van der Waals surface area contributed by atoms with Crippen molar-refractivity contribution in [3.8, 4) is 5.75 Å². The third-order valence-corrected chi connectivity index (χ3v) is 3.97. The summed E-state index contributed by atoms with van der Waals surface area (Å²) in [7, 11) is 0. The highest BCUT2D eigenvalue weighted by atomic mass is 16.5. The Balaban J connectivity index is 2.10. The Hall–Kier alpha value is -3.35. The van der Waals surface area contributed by atoms with Gasteiger partial charge in [0.05, 0.1) is 17.2 Å². The van der Waals surface area contributed by atoms with Crippen LogP contribution in [0, 0.1) is 5.41 Å². The first-order valence-corrected chi connectivity index (χ1v) is 8.80. The topological polar surface area (TPSA) is 128 Å². The number of rotatable bonds is 6. The lowest BCUT2D eigenvalue weighted by Crippen LogP contribution is -2.21. The van der Waals surface area contributed by atoms with Crippen molar-refractivity contribution < 1.29 is 19.4 Å². The van der Waals surface area contributed by atoms with E-state index in [1.807, 2.05) is 20.8 Å². The van der Waals surface area contributed by atoms with Gasteiger partial charge in [0, 0.05) is 0 Å². The summed E-state index contributed by atoms with van der Waals surface area (Å²) in [5.41, 5.74) is 12.0. The molecule has 0 radical (unpaired) electrons. The highest BCUT2D eigenvalue weighted by molar-refractivity contribution is 5.91. The van der Waals surface area contributed by atoms with Crippen molar-refractivity contribution in [2.75, 3.05) is 0 Å². The van der Waals surface area contributed by atoms with Gasteiger partial charge in [-0.3, -0.25) is 4.79 Å². The lowest BCUT2D eigenvalue weighted by Gasteiger charge is -2.23. The molecule has 5 N–H and O–H groups in total. The number of nitrogens with two attached hydrogens (primary N) is 2. The smallest absolute Gasteiger partial charge is 0.343 e. The van der Waals surface area contributed by atoms with Crippen molar-refractivity contribution in [3.63, 3.8) is 0 Å². The molecule has 2 aromatic rings. The largest absolute Gasteiger partial charge is 0.481 e. The molecule has 7 nitrogen and oxygen atoms in total. The fourth-order valence-electron chi connectivity index (χ4n) is 2.72. The second kappa shape index (κ2) is 8.56. The molecule has 7 heteroatoms. The van der Waals surface area contributed by atoms with Crippen molar-refractivity contribution >= 4 is 23.6 Å². The summed E-state index contributed by atoms with van der Waals surface area (Å²) in [5, 5.41) is 9.52. The van der Waals surface area contributed by atoms with Crippen molar-refractivity contribution in [3.05, 3.63) is 59.7 Å². The maximum atomic E-state index is 12.3. The zero-order valence-electron chi connectivity index (χ0n) is 16.2. The molecule has 1 unspecified atom stereocenters. The lowest BCUT2D eigenvalue weighted by molar-refractivity contribution is -0.139. The maximum Gasteiger partial charge on any atom is 0.343 e. The van der Waals surface area contributed by atoms with Crippen LogP contribution in [-0.4, -0.2) is 23.0 Å². The first-order chi connectivity index (χ1) is 13.0. The van der Waals surface area contributed by atoms with Crippen LogP contribution in [0.3, 0.4) is 0 Å². The highest BCUT2D eigenvalue weighted by Gasteiger charge is 2.26. The third-order valence-electron chi connectivity index (χ3n) is 3.97. The number of aliphatic carboxylic acids is 1. The minimum Gasteiger partial charge on any atom is -0.481 e. The van der Waals surface area contributed by atoms with Gasteiger partial charge >= 0.3 is 11.9 Å². The van der Waals surface area contributed by atoms with E-state index in [-0.39, 0.29) is 11.4 Å². The first-order valence-electron chi connectivity index (χ1n) is 8.80. The predicted molar refractivity (Wildman–Crippen MR) is 108 cm³/mol. The van der Waals surface area contributed by atoms with Gasteiger partial charge < -0.3 is 21.3 Å². The SMILES string of the molecule is CC(C)(C)CC(C(=O)O)c1ccc(OC(=O)c2ccc(N=C(N)N)cc2)cc1. The molecule has 0 saturated carbocycles. The fourth-order valence-corrected chi connectivity index (χ4v) is 2.72. The molecule has 1 atom stereocenters. The molecule has 0 aliphatic heterocycles. The molecule has 0 amide bonds. The molecule has 148 valence electrons. The second-order valence-corrected chi connectivity index (χ2v) is 7.70. The van der Waals surface area contributed by atoms with Gasteiger partial charge in [0.1, 0.15) is 5.75 Å². The van der Waals surface area contributed by atoms with Gasteiger partial charge in [-0.15, -0.1) is 0 Å².